The lowest BCUT2D eigenvalue weighted by Crippen LogP contribution is -2.60. The van der Waals surface area contributed by atoms with Gasteiger partial charge in [0.1, 0.15) is 66.5 Å². The molecule has 41 nitrogen and oxygen atoms in total. The number of para-hydroxylation sites is 2. The van der Waals surface area contributed by atoms with Gasteiger partial charge in [0.2, 0.25) is 94.5 Å². The van der Waals surface area contributed by atoms with Crippen molar-refractivity contribution >= 4 is 145 Å². The van der Waals surface area contributed by atoms with Crippen LogP contribution in [0.1, 0.15) is 140 Å². The van der Waals surface area contributed by atoms with Crippen molar-refractivity contribution < 1.29 is 91.4 Å². The first-order chi connectivity index (χ1) is 63.4. The number of imidazole rings is 1. The van der Waals surface area contributed by atoms with E-state index in [-0.39, 0.29) is 114 Å². The third kappa shape index (κ3) is 30.1. The summed E-state index contributed by atoms with van der Waals surface area (Å²) in [7, 11) is 3.82. The molecular weight excluding hydrogens is 1740 g/mol. The quantitative estimate of drug-likeness (QED) is 0.0183. The number of unbranched alkanes of at least 4 members (excludes halogenated alkanes) is 1. The van der Waals surface area contributed by atoms with Crippen LogP contribution in [0.2, 0.25) is 0 Å². The Morgan fingerprint density at radius 2 is 1.13 bits per heavy atom. The predicted octanol–water partition coefficient (Wildman–Crippen LogP) is -1.12. The number of hydrogen-bond donors (Lipinski definition) is 18. The summed E-state index contributed by atoms with van der Waals surface area (Å²) >= 11 is 0.784. The third-order valence-corrected chi connectivity index (χ3v) is 25.2. The lowest BCUT2D eigenvalue weighted by molar-refractivity contribution is -0.145. The summed E-state index contributed by atoms with van der Waals surface area (Å²) in [5.41, 5.74) is 20.2. The number of carbonyl (C=O) groups is 18. The molecule has 2 saturated heterocycles. The van der Waals surface area contributed by atoms with Gasteiger partial charge in [0.05, 0.1) is 44.0 Å². The number of H-pyrrole nitrogens is 3. The number of rotatable bonds is 25. The van der Waals surface area contributed by atoms with Gasteiger partial charge in [0.25, 0.3) is 0 Å². The number of aromatic nitrogens is 4. The summed E-state index contributed by atoms with van der Waals surface area (Å²) in [5.74, 6) is -20.0. The zero-order valence-electron chi connectivity index (χ0n) is 75.8. The van der Waals surface area contributed by atoms with Crippen molar-refractivity contribution in [3.63, 3.8) is 0 Å². The second-order valence-electron chi connectivity index (χ2n) is 34.7. The van der Waals surface area contributed by atoms with E-state index >= 15 is 19.2 Å². The van der Waals surface area contributed by atoms with E-state index in [2.05, 4.69) is 73.1 Å². The van der Waals surface area contributed by atoms with Crippen LogP contribution in [0, 0.1) is 29.1 Å². The summed E-state index contributed by atoms with van der Waals surface area (Å²) in [6.45, 7) is 3.53. The molecule has 133 heavy (non-hydrogen) atoms. The molecule has 6 aromatic rings. The largest absolute Gasteiger partial charge is 0.394 e. The fourth-order valence-corrected chi connectivity index (χ4v) is 17.1. The monoisotopic (exact) mass is 1860 g/mol. The number of aliphatic hydroxyl groups is 1. The summed E-state index contributed by atoms with van der Waals surface area (Å²) in [5, 5.41) is 47.0. The molecular formula is C91H124N22O19S. The van der Waals surface area contributed by atoms with Gasteiger partial charge < -0.3 is 110 Å². The highest BCUT2D eigenvalue weighted by Gasteiger charge is 2.44. The summed E-state index contributed by atoms with van der Waals surface area (Å²) in [6, 6.07) is 5.85. The van der Waals surface area contributed by atoms with Gasteiger partial charge in [-0.1, -0.05) is 93.4 Å². The molecule has 13 atom stereocenters. The normalized spacial score (nSPS) is 24.1. The average Bonchev–Trinajstić information content (AvgIpc) is 1.72. The molecule has 1 aliphatic carbocycles. The van der Waals surface area contributed by atoms with Gasteiger partial charge in [0, 0.05) is 136 Å². The molecule has 5 heterocycles. The molecule has 0 spiro atoms. The highest BCUT2D eigenvalue weighted by molar-refractivity contribution is 8.00. The molecule has 3 aliphatic rings. The van der Waals surface area contributed by atoms with Crippen molar-refractivity contribution in [3.05, 3.63) is 126 Å². The zero-order chi connectivity index (χ0) is 96.9. The molecule has 3 aromatic heterocycles. The standard InChI is InChI=1S/C91H124N22O19S/c1-50(2)33-68-88(129)110(5)45-60(115)37-55(35-57-41-98-63-25-13-11-23-61(57)63)82(123)108-71(46-114)74(116)38-56(36-58-42-99-64-26-14-12-24-62(58)64)83(124)104-66(30-31-97-81(122)54-21-17-22-54)89(130)111(6)51(3)79(120)103-65(27-15-16-29-75(92)93)85(126)109-72(84(125)100-44-77(95)118)47-133-48-78(119)102-69(34-53-19-9-8-10-20-53)90(131)112(7)52(4)80(121)106-70(40-76(94)117)91(132)113-32-18-28-73(113)87(128)105-67(86(127)107-68)39-59-43-96-49-101-59/h8-14,19-20,23-26,41-43,49-52,54-56,65-73,98-99,114H,15-18,21-22,27-40,44-48H2,1-7H3,(H3,92,93)(H2,94,117)(H2,95,118)(H,96,101)(H,97,122)(H,100,125)(H,102,119)(H,103,120)(H,104,124)(H,105,128)(H,106,121)(H,107,127)(H,108,123)(H,109,126)/t51-,52-,55+,56+,65-,66-,67-,68-,69-,70-,71-,72-,73-/m0/s1. The Bertz CT molecular complexity index is 5180. The van der Waals surface area contributed by atoms with Crippen LogP contribution in [0.5, 0.6) is 0 Å². The summed E-state index contributed by atoms with van der Waals surface area (Å²) < 4.78 is 0. The molecule has 9 rings (SSSR count). The number of aromatic amines is 3. The van der Waals surface area contributed by atoms with Crippen molar-refractivity contribution in [2.24, 2.45) is 40.9 Å². The molecule has 718 valence electrons. The molecule has 16 amide bonds. The van der Waals surface area contributed by atoms with Gasteiger partial charge >= 0.3 is 0 Å². The van der Waals surface area contributed by atoms with Crippen molar-refractivity contribution in [3.8, 4) is 0 Å². The van der Waals surface area contributed by atoms with Gasteiger partial charge in [-0.25, -0.2) is 4.98 Å². The number of aliphatic hydroxyl groups excluding tert-OH is 1. The predicted molar refractivity (Wildman–Crippen MR) is 490 cm³/mol. The van der Waals surface area contributed by atoms with Crippen LogP contribution in [0.4, 0.5) is 0 Å². The van der Waals surface area contributed by atoms with Gasteiger partial charge in [-0.15, -0.1) is 11.8 Å². The molecule has 3 fully saturated rings. The van der Waals surface area contributed by atoms with Crippen molar-refractivity contribution in [2.75, 3.05) is 65.4 Å². The maximum Gasteiger partial charge on any atom is 0.246 e. The minimum Gasteiger partial charge on any atom is -0.394 e. The Hall–Kier alpha value is -13.4. The topological polar surface area (TPSA) is 623 Å². The number of fused-ring (bicyclic) bond motifs is 3. The number of nitrogens with zero attached hydrogens (tertiary/aromatic N) is 5. The Morgan fingerprint density at radius 1 is 0.556 bits per heavy atom. The second kappa shape index (κ2) is 49.7. The second-order valence-corrected chi connectivity index (χ2v) is 35.8. The van der Waals surface area contributed by atoms with Crippen LogP contribution >= 0.6 is 11.8 Å². The minimum atomic E-state index is -1.74. The minimum absolute atomic E-state index is 0.0107. The smallest absolute Gasteiger partial charge is 0.246 e. The molecule has 42 heteroatoms. The molecule has 3 aromatic carbocycles. The van der Waals surface area contributed by atoms with Crippen LogP contribution in [0.3, 0.4) is 0 Å². The number of Topliss-reactive ketones (excluding diaryl/α,β-unsaturated/α-hetero) is 2. The zero-order valence-corrected chi connectivity index (χ0v) is 76.6. The number of primary amides is 2. The SMILES string of the molecule is CC(C)C[C@@H]1NC(=O)[C@H](Cc2cnc[nH]2)NC(=O)[C@@H]2CCCN2C(=O)[C@H](CC(N)=O)NC(=O)[C@H](C)N(C)C(=O)[C@H](Cc2ccccc2)NC(=O)CSC[C@@H](C(=O)NCC(N)=O)NC(=O)[C@H](CCCCC(=N)N)NC(=O)[C@H](C)N(C)C(=O)[C@H](CCNC(=O)C2CCC2)NC(=O)[C@H](Cc2c[nH]c3ccccc23)CC(=O)[C@H](CO)NC(=O)[C@H](Cc2c[nH]c3ccccc23)CC(=O)CN(C)C1=O. The number of hydrogen-bond acceptors (Lipinski definition) is 22. The first-order valence-electron chi connectivity index (χ1n) is 44.7. The van der Waals surface area contributed by atoms with E-state index in [0.717, 1.165) is 37.8 Å². The Morgan fingerprint density at radius 3 is 1.71 bits per heavy atom. The number of carbonyl (C=O) groups excluding carboxylic acids is 18. The lowest BCUT2D eigenvalue weighted by Gasteiger charge is -2.32. The van der Waals surface area contributed by atoms with Crippen molar-refractivity contribution in [1.82, 2.24) is 92.7 Å². The van der Waals surface area contributed by atoms with Gasteiger partial charge in [-0.3, -0.25) is 91.7 Å². The van der Waals surface area contributed by atoms with Crippen LogP contribution in [-0.4, -0.2) is 288 Å². The molecule has 2 aliphatic heterocycles. The third-order valence-electron chi connectivity index (χ3n) is 24.2. The van der Waals surface area contributed by atoms with E-state index in [0.29, 0.717) is 57.0 Å². The van der Waals surface area contributed by atoms with Gasteiger partial charge in [0.15, 0.2) is 11.6 Å². The Kier molecular flexibility index (Phi) is 38.6. The molecule has 1 saturated carbocycles. The van der Waals surface area contributed by atoms with Gasteiger partial charge in [-0.05, 0) is 113 Å². The average molecular weight is 1860 g/mol. The van der Waals surface area contributed by atoms with Crippen LogP contribution in [-0.2, 0) is 112 Å². The van der Waals surface area contributed by atoms with E-state index in [4.69, 9.17) is 22.6 Å². The molecule has 21 N–H and O–H groups in total. The lowest BCUT2D eigenvalue weighted by atomic mass is 9.85. The first-order valence-corrected chi connectivity index (χ1v) is 45.8. The maximum atomic E-state index is 15.4. The van der Waals surface area contributed by atoms with E-state index < -0.39 is 229 Å². The van der Waals surface area contributed by atoms with Crippen LogP contribution < -0.4 is 70.4 Å². The number of amides is 16. The van der Waals surface area contributed by atoms with Crippen molar-refractivity contribution in [1.29, 1.82) is 5.41 Å². The Labute approximate surface area is 773 Å². The fourth-order valence-electron chi connectivity index (χ4n) is 16.2. The molecule has 0 radical (unpaired) electrons. The highest BCUT2D eigenvalue weighted by Crippen LogP contribution is 2.29. The number of amidine groups is 1. The highest BCUT2D eigenvalue weighted by atomic mass is 32.2. The number of benzene rings is 3. The Balaban J connectivity index is 1.07. The number of likely N-dealkylation sites (N-methyl/N-ethyl adjacent to an activating group) is 3. The molecule has 0 unspecified atom stereocenters. The van der Waals surface area contributed by atoms with E-state index in [1.807, 2.05) is 0 Å². The maximum absolute atomic E-state index is 15.4. The molecule has 0 bridgehead atoms. The fraction of sp³-hybridized carbons (Fsp3) is 0.516. The number of ketones is 2. The summed E-state index contributed by atoms with van der Waals surface area (Å²) in [6.07, 6.45) is 5.42. The number of thioether (sulfide) groups is 1. The van der Waals surface area contributed by atoms with Crippen LogP contribution in [0.25, 0.3) is 21.8 Å². The van der Waals surface area contributed by atoms with Crippen LogP contribution in [0.15, 0.2) is 104 Å². The number of nitrogens with one attached hydrogen (secondary N) is 14. The summed E-state index contributed by atoms with van der Waals surface area (Å²) in [4.78, 5) is 278. The van der Waals surface area contributed by atoms with Gasteiger partial charge in [-0.2, -0.15) is 0 Å². The first kappa shape index (κ1) is 103. The number of nitrogens with two attached hydrogens (primary N) is 3. The van der Waals surface area contributed by atoms with E-state index in [1.54, 1.807) is 105 Å². The van der Waals surface area contributed by atoms with Crippen molar-refractivity contribution in [2.45, 2.75) is 210 Å². The van der Waals surface area contributed by atoms with E-state index in [9.17, 15) is 72.2 Å². The van der Waals surface area contributed by atoms with E-state index in [1.165, 1.54) is 47.5 Å².